The summed E-state index contributed by atoms with van der Waals surface area (Å²) in [6.07, 6.45) is 8.82. The Morgan fingerprint density at radius 1 is 1.36 bits per heavy atom. The molecule has 1 fully saturated rings. The Balaban J connectivity index is 1.87. The van der Waals surface area contributed by atoms with Gasteiger partial charge in [0.15, 0.2) is 0 Å². The second-order valence-electron chi connectivity index (χ2n) is 3.83. The Morgan fingerprint density at radius 3 is 2.73 bits per heavy atom. The minimum absolute atomic E-state index is 0.847. The van der Waals surface area contributed by atoms with Crippen LogP contribution in [0.25, 0.3) is 0 Å². The Kier molecular flexibility index (Phi) is 1.99. The standard InChI is InChI=1S/C10H17N/c1-9(10-5-6-10)11-7-3-2-4-8-11/h2-3,9-10H,4-8H2,1H3. The third kappa shape index (κ3) is 1.64. The molecule has 1 aliphatic carbocycles. The van der Waals surface area contributed by atoms with Crippen LogP contribution in [0.2, 0.25) is 0 Å². The third-order valence-corrected chi connectivity index (χ3v) is 2.97. The topological polar surface area (TPSA) is 3.24 Å². The first kappa shape index (κ1) is 7.35. The molecule has 1 unspecified atom stereocenters. The van der Waals surface area contributed by atoms with E-state index in [4.69, 9.17) is 0 Å². The van der Waals surface area contributed by atoms with Crippen LogP contribution >= 0.6 is 0 Å². The SMILES string of the molecule is CC(C1CC1)N1CC=CCC1. The molecule has 1 nitrogen and oxygen atoms in total. The van der Waals surface area contributed by atoms with Gasteiger partial charge in [0.25, 0.3) is 0 Å². The van der Waals surface area contributed by atoms with Crippen molar-refractivity contribution in [3.05, 3.63) is 12.2 Å². The van der Waals surface area contributed by atoms with E-state index in [0.717, 1.165) is 12.0 Å². The molecule has 0 radical (unpaired) electrons. The van der Waals surface area contributed by atoms with E-state index in [9.17, 15) is 0 Å². The fourth-order valence-electron chi connectivity index (χ4n) is 1.91. The van der Waals surface area contributed by atoms with E-state index >= 15 is 0 Å². The summed E-state index contributed by atoms with van der Waals surface area (Å²) in [6, 6.07) is 0.847. The van der Waals surface area contributed by atoms with Crippen molar-refractivity contribution >= 4 is 0 Å². The van der Waals surface area contributed by atoms with Crippen molar-refractivity contribution in [1.82, 2.24) is 4.90 Å². The smallest absolute Gasteiger partial charge is 0.0166 e. The molecule has 1 atom stereocenters. The molecule has 62 valence electrons. The molecule has 0 aromatic rings. The van der Waals surface area contributed by atoms with Crippen LogP contribution in [0.15, 0.2) is 12.2 Å². The lowest BCUT2D eigenvalue weighted by Gasteiger charge is -2.29. The largest absolute Gasteiger partial charge is 0.296 e. The molecule has 1 heterocycles. The highest BCUT2D eigenvalue weighted by Gasteiger charge is 2.31. The van der Waals surface area contributed by atoms with E-state index < -0.39 is 0 Å². The summed E-state index contributed by atoms with van der Waals surface area (Å²) in [4.78, 5) is 2.61. The van der Waals surface area contributed by atoms with Gasteiger partial charge < -0.3 is 0 Å². The fraction of sp³-hybridized carbons (Fsp3) is 0.800. The number of hydrogen-bond acceptors (Lipinski definition) is 1. The molecule has 0 aromatic carbocycles. The van der Waals surface area contributed by atoms with Gasteiger partial charge in [0.2, 0.25) is 0 Å². The van der Waals surface area contributed by atoms with E-state index in [0.29, 0.717) is 0 Å². The molecule has 0 bridgehead atoms. The molecule has 0 amide bonds. The molecule has 0 spiro atoms. The fourth-order valence-corrected chi connectivity index (χ4v) is 1.91. The zero-order chi connectivity index (χ0) is 7.68. The maximum absolute atomic E-state index is 2.61. The highest BCUT2D eigenvalue weighted by Crippen LogP contribution is 2.35. The van der Waals surface area contributed by atoms with Gasteiger partial charge in [-0.25, -0.2) is 0 Å². The van der Waals surface area contributed by atoms with Gasteiger partial charge in [-0.2, -0.15) is 0 Å². The summed E-state index contributed by atoms with van der Waals surface area (Å²) in [5.41, 5.74) is 0. The maximum Gasteiger partial charge on any atom is 0.0166 e. The van der Waals surface area contributed by atoms with Crippen molar-refractivity contribution in [2.45, 2.75) is 32.2 Å². The number of nitrogens with zero attached hydrogens (tertiary/aromatic N) is 1. The predicted octanol–water partition coefficient (Wildman–Crippen LogP) is 2.05. The molecule has 11 heavy (non-hydrogen) atoms. The first-order valence-corrected chi connectivity index (χ1v) is 4.77. The van der Waals surface area contributed by atoms with Crippen molar-refractivity contribution < 1.29 is 0 Å². The van der Waals surface area contributed by atoms with Crippen molar-refractivity contribution in [3.8, 4) is 0 Å². The summed E-state index contributed by atoms with van der Waals surface area (Å²) >= 11 is 0. The van der Waals surface area contributed by atoms with Crippen molar-refractivity contribution in [2.24, 2.45) is 5.92 Å². The second-order valence-corrected chi connectivity index (χ2v) is 3.83. The Labute approximate surface area is 69.1 Å². The average molecular weight is 151 g/mol. The van der Waals surface area contributed by atoms with Gasteiger partial charge in [-0.3, -0.25) is 4.90 Å². The normalized spacial score (nSPS) is 28.8. The monoisotopic (exact) mass is 151 g/mol. The molecule has 0 saturated heterocycles. The molecular weight excluding hydrogens is 134 g/mol. The number of rotatable bonds is 2. The van der Waals surface area contributed by atoms with Crippen molar-refractivity contribution in [3.63, 3.8) is 0 Å². The van der Waals surface area contributed by atoms with Crippen molar-refractivity contribution in [1.29, 1.82) is 0 Å². The Morgan fingerprint density at radius 2 is 2.18 bits per heavy atom. The first-order valence-electron chi connectivity index (χ1n) is 4.77. The van der Waals surface area contributed by atoms with Crippen LogP contribution in [0, 0.1) is 5.92 Å². The van der Waals surface area contributed by atoms with Gasteiger partial charge in [0, 0.05) is 19.1 Å². The van der Waals surface area contributed by atoms with Gasteiger partial charge in [-0.15, -0.1) is 0 Å². The van der Waals surface area contributed by atoms with E-state index in [1.165, 1.54) is 32.4 Å². The molecule has 1 saturated carbocycles. The molecule has 1 aliphatic heterocycles. The zero-order valence-corrected chi connectivity index (χ0v) is 7.29. The van der Waals surface area contributed by atoms with Gasteiger partial charge in [0.1, 0.15) is 0 Å². The van der Waals surface area contributed by atoms with E-state index in [2.05, 4.69) is 24.0 Å². The lowest BCUT2D eigenvalue weighted by molar-refractivity contribution is 0.207. The molecule has 0 N–H and O–H groups in total. The molecular formula is C10H17N. The van der Waals surface area contributed by atoms with Crippen LogP contribution in [0.5, 0.6) is 0 Å². The quantitative estimate of drug-likeness (QED) is 0.546. The Bertz CT molecular complexity index is 158. The lowest BCUT2D eigenvalue weighted by atomic mass is 10.1. The first-order chi connectivity index (χ1) is 5.38. The van der Waals surface area contributed by atoms with Crippen molar-refractivity contribution in [2.75, 3.05) is 13.1 Å². The van der Waals surface area contributed by atoms with Crippen LogP contribution in [0.3, 0.4) is 0 Å². The summed E-state index contributed by atoms with van der Waals surface area (Å²) in [7, 11) is 0. The molecule has 2 rings (SSSR count). The van der Waals surface area contributed by atoms with Gasteiger partial charge in [0.05, 0.1) is 0 Å². The van der Waals surface area contributed by atoms with Crippen LogP contribution in [-0.4, -0.2) is 24.0 Å². The number of hydrogen-bond donors (Lipinski definition) is 0. The molecule has 1 heteroatoms. The summed E-state index contributed by atoms with van der Waals surface area (Å²) < 4.78 is 0. The summed E-state index contributed by atoms with van der Waals surface area (Å²) in [5.74, 6) is 1.03. The van der Waals surface area contributed by atoms with E-state index in [-0.39, 0.29) is 0 Å². The van der Waals surface area contributed by atoms with Crippen LogP contribution < -0.4 is 0 Å². The van der Waals surface area contributed by atoms with Crippen LogP contribution in [-0.2, 0) is 0 Å². The highest BCUT2D eigenvalue weighted by molar-refractivity contribution is 4.95. The van der Waals surface area contributed by atoms with Crippen LogP contribution in [0.1, 0.15) is 26.2 Å². The third-order valence-electron chi connectivity index (χ3n) is 2.97. The summed E-state index contributed by atoms with van der Waals surface area (Å²) in [5, 5.41) is 0. The predicted molar refractivity (Wildman–Crippen MR) is 47.5 cm³/mol. The lowest BCUT2D eigenvalue weighted by Crippen LogP contribution is -2.36. The molecule has 0 aromatic heterocycles. The molecule has 2 aliphatic rings. The van der Waals surface area contributed by atoms with E-state index in [1.807, 2.05) is 0 Å². The summed E-state index contributed by atoms with van der Waals surface area (Å²) in [6.45, 7) is 4.86. The van der Waals surface area contributed by atoms with Gasteiger partial charge >= 0.3 is 0 Å². The van der Waals surface area contributed by atoms with Gasteiger partial charge in [-0.05, 0) is 32.1 Å². The van der Waals surface area contributed by atoms with Gasteiger partial charge in [-0.1, -0.05) is 12.2 Å². The highest BCUT2D eigenvalue weighted by atomic mass is 15.2. The average Bonchev–Trinajstić information content (AvgIpc) is 2.87. The second kappa shape index (κ2) is 2.98. The van der Waals surface area contributed by atoms with Crippen LogP contribution in [0.4, 0.5) is 0 Å². The minimum atomic E-state index is 0.847. The minimum Gasteiger partial charge on any atom is -0.296 e. The Hall–Kier alpha value is -0.300. The zero-order valence-electron chi connectivity index (χ0n) is 7.29. The maximum atomic E-state index is 2.61. The van der Waals surface area contributed by atoms with E-state index in [1.54, 1.807) is 0 Å².